The lowest BCUT2D eigenvalue weighted by Gasteiger charge is -2.57. The Labute approximate surface area is 167 Å². The van der Waals surface area contributed by atoms with Crippen molar-refractivity contribution in [2.45, 2.75) is 76.0 Å². The third-order valence-electron chi connectivity index (χ3n) is 8.46. The molecular weight excluding hydrogens is 348 g/mol. The number of Topliss-reactive ketones (excluding diaryl/α,β-unsaturated/α-hetero) is 1. The van der Waals surface area contributed by atoms with E-state index in [9.17, 15) is 15.0 Å². The van der Waals surface area contributed by atoms with Crippen molar-refractivity contribution in [2.75, 3.05) is 0 Å². The fraction of sp³-hybridized carbons (Fsp3) is 0.640. The van der Waals surface area contributed by atoms with Crippen molar-refractivity contribution in [2.24, 2.45) is 23.7 Å². The van der Waals surface area contributed by atoms with Gasteiger partial charge in [-0.3, -0.25) is 4.79 Å². The lowest BCUT2D eigenvalue weighted by molar-refractivity contribution is -0.121. The van der Waals surface area contributed by atoms with Crippen molar-refractivity contribution in [1.29, 1.82) is 0 Å². The number of aromatic hydroxyl groups is 2. The van der Waals surface area contributed by atoms with E-state index in [2.05, 4.69) is 6.58 Å². The van der Waals surface area contributed by atoms with Crippen molar-refractivity contribution in [3.63, 3.8) is 0 Å². The van der Waals surface area contributed by atoms with Crippen molar-refractivity contribution in [3.8, 4) is 11.5 Å². The Morgan fingerprint density at radius 2 is 1.57 bits per heavy atom. The van der Waals surface area contributed by atoms with E-state index >= 15 is 0 Å². The minimum Gasteiger partial charge on any atom is -0.508 e. The number of carbonyl (C=O) groups is 1. The highest BCUT2D eigenvalue weighted by Gasteiger charge is 2.52. The van der Waals surface area contributed by atoms with Gasteiger partial charge in [-0.05, 0) is 98.7 Å². The van der Waals surface area contributed by atoms with Crippen LogP contribution in [0.4, 0.5) is 0 Å². The molecule has 0 spiro atoms. The van der Waals surface area contributed by atoms with Crippen LogP contribution in [0, 0.1) is 23.7 Å². The monoisotopic (exact) mass is 380 g/mol. The summed E-state index contributed by atoms with van der Waals surface area (Å²) in [4.78, 5) is 12.1. The average Bonchev–Trinajstić information content (AvgIpc) is 2.59. The van der Waals surface area contributed by atoms with E-state index in [1.54, 1.807) is 0 Å². The van der Waals surface area contributed by atoms with E-state index in [1.165, 1.54) is 38.5 Å². The number of allylic oxidation sites excluding steroid dienone is 1. The molecule has 150 valence electrons. The van der Waals surface area contributed by atoms with Gasteiger partial charge in [0, 0.05) is 24.3 Å². The number of carbonyl (C=O) groups excluding carboxylic acids is 1. The van der Waals surface area contributed by atoms with E-state index in [0.717, 1.165) is 35.3 Å². The smallest absolute Gasteiger partial charge is 0.133 e. The van der Waals surface area contributed by atoms with Crippen molar-refractivity contribution < 1.29 is 15.0 Å². The lowest BCUT2D eigenvalue weighted by atomic mass is 9.48. The second-order valence-corrected chi connectivity index (χ2v) is 10.5. The Balaban J connectivity index is 1.53. The van der Waals surface area contributed by atoms with Gasteiger partial charge in [-0.2, -0.15) is 0 Å². The molecule has 0 aromatic heterocycles. The standard InChI is InChI=1S/C25H32O3/c1-14(2)20-4-3-19(26)10-21(20)24-22(27)8-18(9-23(24)28)25-11-15-5-16(12-25)7-17(6-15)13-25/h8-9,15-17,20-21,27-28H,1,3-7,10-13H2,2H3. The number of phenolic OH excluding ortho intramolecular Hbond substituents is 2. The Kier molecular flexibility index (Phi) is 4.16. The van der Waals surface area contributed by atoms with Crippen LogP contribution in [0.15, 0.2) is 24.3 Å². The van der Waals surface area contributed by atoms with Crippen LogP contribution >= 0.6 is 0 Å². The van der Waals surface area contributed by atoms with Gasteiger partial charge in [-0.25, -0.2) is 0 Å². The first kappa shape index (κ1) is 18.3. The van der Waals surface area contributed by atoms with Crippen LogP contribution in [0.1, 0.15) is 81.8 Å². The second-order valence-electron chi connectivity index (χ2n) is 10.5. The molecule has 2 atom stereocenters. The molecule has 5 aliphatic carbocycles. The number of benzene rings is 1. The van der Waals surface area contributed by atoms with E-state index in [0.29, 0.717) is 18.4 Å². The quantitative estimate of drug-likeness (QED) is 0.672. The summed E-state index contributed by atoms with van der Waals surface area (Å²) in [6.07, 6.45) is 9.44. The molecule has 2 N–H and O–H groups in total. The maximum absolute atomic E-state index is 12.1. The Bertz CT molecular complexity index is 778. The zero-order valence-electron chi connectivity index (χ0n) is 16.9. The number of hydrogen-bond acceptors (Lipinski definition) is 3. The molecule has 1 aromatic rings. The Hall–Kier alpha value is -1.77. The highest BCUT2D eigenvalue weighted by Crippen LogP contribution is 2.61. The Morgan fingerprint density at radius 1 is 1.04 bits per heavy atom. The van der Waals surface area contributed by atoms with Crippen molar-refractivity contribution in [3.05, 3.63) is 35.4 Å². The third kappa shape index (κ3) is 2.81. The molecule has 0 aliphatic heterocycles. The van der Waals surface area contributed by atoms with Crippen LogP contribution in [0.2, 0.25) is 0 Å². The van der Waals surface area contributed by atoms with Gasteiger partial charge >= 0.3 is 0 Å². The average molecular weight is 381 g/mol. The van der Waals surface area contributed by atoms with Crippen LogP contribution < -0.4 is 0 Å². The summed E-state index contributed by atoms with van der Waals surface area (Å²) >= 11 is 0. The summed E-state index contributed by atoms with van der Waals surface area (Å²) < 4.78 is 0. The van der Waals surface area contributed by atoms with Gasteiger partial charge in [0.15, 0.2) is 0 Å². The molecule has 28 heavy (non-hydrogen) atoms. The normalized spacial score (nSPS) is 39.3. The third-order valence-corrected chi connectivity index (χ3v) is 8.46. The van der Waals surface area contributed by atoms with Gasteiger partial charge < -0.3 is 10.2 Å². The first-order valence-electron chi connectivity index (χ1n) is 11.1. The summed E-state index contributed by atoms with van der Waals surface area (Å²) in [6.45, 7) is 6.10. The molecule has 0 radical (unpaired) electrons. The van der Waals surface area contributed by atoms with Gasteiger partial charge in [-0.15, -0.1) is 0 Å². The molecular formula is C25H32O3. The number of ketones is 1. The zero-order valence-corrected chi connectivity index (χ0v) is 16.9. The largest absolute Gasteiger partial charge is 0.508 e. The molecule has 1 aromatic carbocycles. The minimum atomic E-state index is -0.163. The van der Waals surface area contributed by atoms with Crippen LogP contribution in [-0.2, 0) is 10.2 Å². The van der Waals surface area contributed by atoms with Gasteiger partial charge in [-0.1, -0.05) is 12.2 Å². The zero-order chi connectivity index (χ0) is 19.6. The molecule has 6 rings (SSSR count). The second kappa shape index (κ2) is 6.37. The van der Waals surface area contributed by atoms with Crippen LogP contribution in [-0.4, -0.2) is 16.0 Å². The SMILES string of the molecule is C=C(C)C1CCC(=O)CC1c1c(O)cc(C23CC4CC(CC(C4)C2)C3)cc1O. The molecule has 0 amide bonds. The van der Waals surface area contributed by atoms with E-state index in [1.807, 2.05) is 19.1 Å². The van der Waals surface area contributed by atoms with Crippen LogP contribution in [0.3, 0.4) is 0 Å². The van der Waals surface area contributed by atoms with E-state index < -0.39 is 0 Å². The summed E-state index contributed by atoms with van der Waals surface area (Å²) in [5, 5.41) is 22.0. The van der Waals surface area contributed by atoms with E-state index in [-0.39, 0.29) is 34.5 Å². The molecule has 3 nitrogen and oxygen atoms in total. The van der Waals surface area contributed by atoms with Crippen LogP contribution in [0.25, 0.3) is 0 Å². The number of hydrogen-bond donors (Lipinski definition) is 2. The molecule has 5 saturated carbocycles. The highest BCUT2D eigenvalue weighted by molar-refractivity contribution is 5.81. The fourth-order valence-electron chi connectivity index (χ4n) is 7.67. The van der Waals surface area contributed by atoms with Gasteiger partial charge in [0.1, 0.15) is 17.3 Å². The number of rotatable bonds is 3. The summed E-state index contributed by atoms with van der Waals surface area (Å²) in [5.74, 6) is 3.00. The molecule has 3 heteroatoms. The predicted octanol–water partition coefficient (Wildman–Crippen LogP) is 5.59. The Morgan fingerprint density at radius 3 is 2.07 bits per heavy atom. The molecule has 5 fully saturated rings. The van der Waals surface area contributed by atoms with Crippen molar-refractivity contribution >= 4 is 5.78 Å². The minimum absolute atomic E-state index is 0.137. The molecule has 4 bridgehead atoms. The lowest BCUT2D eigenvalue weighted by Crippen LogP contribution is -2.48. The molecule has 2 unspecified atom stereocenters. The highest BCUT2D eigenvalue weighted by atomic mass is 16.3. The maximum Gasteiger partial charge on any atom is 0.133 e. The van der Waals surface area contributed by atoms with Crippen LogP contribution in [0.5, 0.6) is 11.5 Å². The van der Waals surface area contributed by atoms with Gasteiger partial charge in [0.25, 0.3) is 0 Å². The number of phenols is 2. The van der Waals surface area contributed by atoms with Gasteiger partial charge in [0.05, 0.1) is 0 Å². The summed E-state index contributed by atoms with van der Waals surface area (Å²) in [7, 11) is 0. The fourth-order valence-corrected chi connectivity index (χ4v) is 7.67. The predicted molar refractivity (Wildman–Crippen MR) is 110 cm³/mol. The van der Waals surface area contributed by atoms with Gasteiger partial charge in [0.2, 0.25) is 0 Å². The summed E-state index contributed by atoms with van der Waals surface area (Å²) in [5.41, 5.74) is 2.86. The van der Waals surface area contributed by atoms with E-state index in [4.69, 9.17) is 0 Å². The first-order chi connectivity index (χ1) is 13.3. The van der Waals surface area contributed by atoms with Crippen molar-refractivity contribution in [1.82, 2.24) is 0 Å². The molecule has 0 saturated heterocycles. The topological polar surface area (TPSA) is 57.5 Å². The first-order valence-corrected chi connectivity index (χ1v) is 11.1. The molecule has 0 heterocycles. The molecule has 5 aliphatic rings. The maximum atomic E-state index is 12.1. The summed E-state index contributed by atoms with van der Waals surface area (Å²) in [6, 6.07) is 3.85.